The van der Waals surface area contributed by atoms with Gasteiger partial charge in [0.2, 0.25) is 11.8 Å². The first kappa shape index (κ1) is 14.9. The van der Waals surface area contributed by atoms with Crippen molar-refractivity contribution >= 4 is 17.5 Å². The van der Waals surface area contributed by atoms with Crippen molar-refractivity contribution in [1.82, 2.24) is 4.90 Å². The third-order valence-corrected chi connectivity index (χ3v) is 4.05. The van der Waals surface area contributed by atoms with Crippen molar-refractivity contribution in [1.29, 1.82) is 0 Å². The molecule has 7 heteroatoms. The minimum Gasteiger partial charge on any atom is -0.342 e. The van der Waals surface area contributed by atoms with E-state index in [9.17, 15) is 22.8 Å². The van der Waals surface area contributed by atoms with E-state index in [4.69, 9.17) is 0 Å². The van der Waals surface area contributed by atoms with E-state index in [2.05, 4.69) is 5.32 Å². The first-order valence-corrected chi connectivity index (χ1v) is 7.18. The molecule has 0 aromatic heterocycles. The molecule has 1 N–H and O–H groups in total. The zero-order chi connectivity index (χ0) is 15.9. The Labute approximate surface area is 125 Å². The van der Waals surface area contributed by atoms with Crippen LogP contribution >= 0.6 is 0 Å². The van der Waals surface area contributed by atoms with Gasteiger partial charge >= 0.3 is 0 Å². The third kappa shape index (κ3) is 2.93. The zero-order valence-electron chi connectivity index (χ0n) is 11.7. The summed E-state index contributed by atoms with van der Waals surface area (Å²) < 4.78 is 39.5. The van der Waals surface area contributed by atoms with Gasteiger partial charge < -0.3 is 10.2 Å². The maximum absolute atomic E-state index is 13.5. The van der Waals surface area contributed by atoms with E-state index in [1.54, 1.807) is 4.90 Å². The summed E-state index contributed by atoms with van der Waals surface area (Å²) in [5.41, 5.74) is -0.419. The van der Waals surface area contributed by atoms with E-state index in [1.165, 1.54) is 0 Å². The molecule has 3 rings (SSSR count). The number of benzene rings is 1. The minimum absolute atomic E-state index is 0.0594. The first-order chi connectivity index (χ1) is 10.5. The largest absolute Gasteiger partial charge is 0.342 e. The molecule has 1 atom stereocenters. The third-order valence-electron chi connectivity index (χ3n) is 4.05. The molecule has 2 fully saturated rings. The van der Waals surface area contributed by atoms with Crippen molar-refractivity contribution in [3.8, 4) is 0 Å². The number of nitrogens with one attached hydrogen (secondary N) is 1. The highest BCUT2D eigenvalue weighted by Gasteiger charge is 2.37. The Bertz CT molecular complexity index is 631. The van der Waals surface area contributed by atoms with E-state index < -0.39 is 35.0 Å². The van der Waals surface area contributed by atoms with Gasteiger partial charge in [-0.3, -0.25) is 9.59 Å². The van der Waals surface area contributed by atoms with Crippen LogP contribution in [0.4, 0.5) is 18.9 Å². The molecule has 2 amide bonds. The molecule has 118 valence electrons. The van der Waals surface area contributed by atoms with Gasteiger partial charge in [-0.2, -0.15) is 0 Å². The number of likely N-dealkylation sites (tertiary alicyclic amines) is 1. The lowest BCUT2D eigenvalue weighted by Gasteiger charge is -2.16. The second kappa shape index (κ2) is 5.62. The molecule has 0 spiro atoms. The summed E-state index contributed by atoms with van der Waals surface area (Å²) in [6, 6.07) is 1.71. The van der Waals surface area contributed by atoms with Gasteiger partial charge in [-0.25, -0.2) is 13.2 Å². The van der Waals surface area contributed by atoms with E-state index >= 15 is 0 Å². The lowest BCUT2D eigenvalue weighted by atomic mass is 10.1. The highest BCUT2D eigenvalue weighted by Crippen LogP contribution is 2.32. The fraction of sp³-hybridized carbons (Fsp3) is 0.467. The summed E-state index contributed by atoms with van der Waals surface area (Å²) in [6.45, 7) is 0.939. The van der Waals surface area contributed by atoms with Gasteiger partial charge in [0.1, 0.15) is 0 Å². The van der Waals surface area contributed by atoms with E-state index in [-0.39, 0.29) is 18.9 Å². The Morgan fingerprint density at radius 3 is 2.64 bits per heavy atom. The number of hydrogen-bond donors (Lipinski definition) is 1. The highest BCUT2D eigenvalue weighted by atomic mass is 19.2. The average molecular weight is 312 g/mol. The fourth-order valence-corrected chi connectivity index (χ4v) is 2.59. The van der Waals surface area contributed by atoms with Crippen molar-refractivity contribution in [2.45, 2.75) is 19.3 Å². The second-order valence-electron chi connectivity index (χ2n) is 5.86. The molecule has 0 radical (unpaired) electrons. The summed E-state index contributed by atoms with van der Waals surface area (Å²) in [7, 11) is 0. The van der Waals surface area contributed by atoms with E-state index in [0.29, 0.717) is 12.5 Å². The quantitative estimate of drug-likeness (QED) is 0.867. The van der Waals surface area contributed by atoms with Crippen LogP contribution in [0.15, 0.2) is 12.1 Å². The van der Waals surface area contributed by atoms with Gasteiger partial charge in [0.05, 0.1) is 11.6 Å². The summed E-state index contributed by atoms with van der Waals surface area (Å²) in [4.78, 5) is 25.6. The topological polar surface area (TPSA) is 49.4 Å². The zero-order valence-corrected chi connectivity index (χ0v) is 11.7. The number of carbonyl (C=O) groups excluding carboxylic acids is 2. The number of halogens is 3. The lowest BCUT2D eigenvalue weighted by Crippen LogP contribution is -2.30. The summed E-state index contributed by atoms with van der Waals surface area (Å²) in [5, 5.41) is 2.23. The van der Waals surface area contributed by atoms with Crippen molar-refractivity contribution in [3.63, 3.8) is 0 Å². The molecular formula is C15H15F3N2O2. The average Bonchev–Trinajstić information content (AvgIpc) is 3.22. The Balaban J connectivity index is 1.65. The molecule has 4 nitrogen and oxygen atoms in total. The SMILES string of the molecule is O=C(Nc1ccc(F)c(F)c1F)[C@@H]1CC(=O)N(CC2CC2)C1. The van der Waals surface area contributed by atoms with Crippen LogP contribution in [0.25, 0.3) is 0 Å². The molecular weight excluding hydrogens is 297 g/mol. The summed E-state index contributed by atoms with van der Waals surface area (Å²) in [6.07, 6.45) is 2.26. The standard InChI is InChI=1S/C15H15F3N2O2/c16-10-3-4-11(14(18)13(10)17)19-15(22)9-5-12(21)20(7-9)6-8-1-2-8/h3-4,8-9H,1-2,5-7H2,(H,19,22)/t9-/m1/s1. The van der Waals surface area contributed by atoms with E-state index in [1.807, 2.05) is 0 Å². The van der Waals surface area contributed by atoms with Crippen LogP contribution in [-0.4, -0.2) is 29.8 Å². The Kier molecular flexibility index (Phi) is 3.80. The molecule has 1 aliphatic heterocycles. The summed E-state index contributed by atoms with van der Waals surface area (Å²) >= 11 is 0. The normalized spacial score (nSPS) is 21.3. The highest BCUT2D eigenvalue weighted by molar-refractivity contribution is 5.97. The molecule has 2 aliphatic rings. The van der Waals surface area contributed by atoms with Crippen LogP contribution in [0.3, 0.4) is 0 Å². The van der Waals surface area contributed by atoms with Crippen LogP contribution in [0.5, 0.6) is 0 Å². The number of nitrogens with zero attached hydrogens (tertiary/aromatic N) is 1. The molecule has 22 heavy (non-hydrogen) atoms. The molecule has 0 unspecified atom stereocenters. The number of amides is 2. The molecule has 1 aromatic rings. The van der Waals surface area contributed by atoms with Gasteiger partial charge in [0, 0.05) is 19.5 Å². The number of hydrogen-bond acceptors (Lipinski definition) is 2. The maximum Gasteiger partial charge on any atom is 0.229 e. The van der Waals surface area contributed by atoms with Crippen molar-refractivity contribution in [2.24, 2.45) is 11.8 Å². The van der Waals surface area contributed by atoms with Gasteiger partial charge in [0.15, 0.2) is 17.5 Å². The molecule has 1 saturated carbocycles. The van der Waals surface area contributed by atoms with Gasteiger partial charge in [0.25, 0.3) is 0 Å². The van der Waals surface area contributed by atoms with Crippen molar-refractivity contribution in [3.05, 3.63) is 29.6 Å². The van der Waals surface area contributed by atoms with E-state index in [0.717, 1.165) is 25.0 Å². The Hall–Kier alpha value is -2.05. The van der Waals surface area contributed by atoms with Crippen molar-refractivity contribution < 1.29 is 22.8 Å². The smallest absolute Gasteiger partial charge is 0.229 e. The second-order valence-corrected chi connectivity index (χ2v) is 5.86. The van der Waals surface area contributed by atoms with Gasteiger partial charge in [-0.1, -0.05) is 0 Å². The lowest BCUT2D eigenvalue weighted by molar-refractivity contribution is -0.128. The molecule has 1 aromatic carbocycles. The minimum atomic E-state index is -1.63. The van der Waals surface area contributed by atoms with Crippen LogP contribution in [0.1, 0.15) is 19.3 Å². The monoisotopic (exact) mass is 312 g/mol. The molecule has 1 heterocycles. The maximum atomic E-state index is 13.5. The predicted molar refractivity (Wildman–Crippen MR) is 72.4 cm³/mol. The van der Waals surface area contributed by atoms with Crippen molar-refractivity contribution in [2.75, 3.05) is 18.4 Å². The van der Waals surface area contributed by atoms with Crippen LogP contribution in [0, 0.1) is 29.3 Å². The van der Waals surface area contributed by atoms with Crippen LogP contribution in [0.2, 0.25) is 0 Å². The van der Waals surface area contributed by atoms with Gasteiger partial charge in [-0.05, 0) is 30.9 Å². The first-order valence-electron chi connectivity index (χ1n) is 7.18. The molecule has 1 saturated heterocycles. The number of carbonyl (C=O) groups is 2. The Morgan fingerprint density at radius 2 is 1.95 bits per heavy atom. The summed E-state index contributed by atoms with van der Waals surface area (Å²) in [5.74, 6) is -5.12. The predicted octanol–water partition coefficient (Wildman–Crippen LogP) is 2.30. The Morgan fingerprint density at radius 1 is 1.23 bits per heavy atom. The fourth-order valence-electron chi connectivity index (χ4n) is 2.59. The van der Waals surface area contributed by atoms with Gasteiger partial charge in [-0.15, -0.1) is 0 Å². The molecule has 1 aliphatic carbocycles. The van der Waals surface area contributed by atoms with Crippen LogP contribution < -0.4 is 5.32 Å². The number of rotatable bonds is 4. The van der Waals surface area contributed by atoms with Crippen LogP contribution in [-0.2, 0) is 9.59 Å². The number of anilines is 1. The molecule has 0 bridgehead atoms.